The van der Waals surface area contributed by atoms with Crippen LogP contribution in [0, 0.1) is 0 Å². The van der Waals surface area contributed by atoms with Gasteiger partial charge in [-0.25, -0.2) is 4.79 Å². The minimum atomic E-state index is -0.867. The number of aliphatic carboxylic acids is 1. The highest BCUT2D eigenvalue weighted by molar-refractivity contribution is 5.87. The minimum Gasteiger partial charge on any atom is -0.478 e. The Labute approximate surface area is 138 Å². The van der Waals surface area contributed by atoms with Crippen LogP contribution >= 0.6 is 0 Å². The van der Waals surface area contributed by atoms with Gasteiger partial charge in [-0.05, 0) is 62.3 Å². The Bertz CT molecular complexity index is 715. The van der Waals surface area contributed by atoms with Gasteiger partial charge in [-0.3, -0.25) is 0 Å². The molecule has 0 spiro atoms. The van der Waals surface area contributed by atoms with E-state index in [0.29, 0.717) is 5.57 Å². The van der Waals surface area contributed by atoms with E-state index in [2.05, 4.69) is 37.3 Å². The van der Waals surface area contributed by atoms with Crippen LogP contribution in [0.15, 0.2) is 65.3 Å². The summed E-state index contributed by atoms with van der Waals surface area (Å²) in [5, 5.41) is 8.95. The SMILES string of the molecule is CC(=C/C=C/C(C)=C(\C)C(=O)O)/C=C1\CCCc2ccccc21. The molecule has 0 unspecified atom stereocenters. The number of benzene rings is 1. The van der Waals surface area contributed by atoms with Crippen LogP contribution in [0.5, 0.6) is 0 Å². The van der Waals surface area contributed by atoms with Crippen LogP contribution in [0.3, 0.4) is 0 Å². The third-order valence-electron chi connectivity index (χ3n) is 4.28. The second kappa shape index (κ2) is 7.77. The lowest BCUT2D eigenvalue weighted by Gasteiger charge is -2.18. The third kappa shape index (κ3) is 4.56. The van der Waals surface area contributed by atoms with E-state index in [1.807, 2.05) is 25.2 Å². The van der Waals surface area contributed by atoms with Crippen molar-refractivity contribution in [3.8, 4) is 0 Å². The van der Waals surface area contributed by atoms with Crippen molar-refractivity contribution >= 4 is 11.5 Å². The maximum atomic E-state index is 10.9. The van der Waals surface area contributed by atoms with E-state index in [0.717, 1.165) is 18.4 Å². The standard InChI is InChI=1S/C21H24O2/c1-15(8-6-9-16(2)17(3)21(22)23)14-19-12-7-11-18-10-4-5-13-20(18)19/h4-6,8-10,13-14H,7,11-12H2,1-3H3,(H,22,23)/b9-6+,15-8-,17-16+,19-14+. The highest BCUT2D eigenvalue weighted by Crippen LogP contribution is 2.31. The van der Waals surface area contributed by atoms with Gasteiger partial charge in [0.2, 0.25) is 0 Å². The van der Waals surface area contributed by atoms with E-state index in [9.17, 15) is 4.79 Å². The van der Waals surface area contributed by atoms with Gasteiger partial charge in [-0.1, -0.05) is 54.1 Å². The summed E-state index contributed by atoms with van der Waals surface area (Å²) in [6.07, 6.45) is 11.5. The highest BCUT2D eigenvalue weighted by atomic mass is 16.4. The molecule has 23 heavy (non-hydrogen) atoms. The fourth-order valence-corrected chi connectivity index (χ4v) is 2.77. The molecule has 0 aromatic heterocycles. The lowest BCUT2D eigenvalue weighted by molar-refractivity contribution is -0.132. The Kier molecular flexibility index (Phi) is 5.75. The maximum Gasteiger partial charge on any atom is 0.331 e. The molecule has 1 N–H and O–H groups in total. The molecule has 0 amide bonds. The normalized spacial score (nSPS) is 18.0. The van der Waals surface area contributed by atoms with Crippen molar-refractivity contribution in [1.82, 2.24) is 0 Å². The first-order valence-corrected chi connectivity index (χ1v) is 8.03. The molecule has 2 nitrogen and oxygen atoms in total. The van der Waals surface area contributed by atoms with E-state index in [-0.39, 0.29) is 0 Å². The van der Waals surface area contributed by atoms with E-state index in [1.165, 1.54) is 28.7 Å². The predicted octanol–water partition coefficient (Wildman–Crippen LogP) is 5.33. The Balaban J connectivity index is 2.18. The van der Waals surface area contributed by atoms with Crippen molar-refractivity contribution in [2.75, 3.05) is 0 Å². The number of carboxylic acids is 1. The number of fused-ring (bicyclic) bond motifs is 1. The molecule has 0 fully saturated rings. The van der Waals surface area contributed by atoms with Gasteiger partial charge < -0.3 is 5.11 Å². The smallest absolute Gasteiger partial charge is 0.331 e. The highest BCUT2D eigenvalue weighted by Gasteiger charge is 2.12. The van der Waals surface area contributed by atoms with Gasteiger partial charge in [-0.15, -0.1) is 0 Å². The van der Waals surface area contributed by atoms with Crippen LogP contribution in [0.2, 0.25) is 0 Å². The zero-order valence-corrected chi connectivity index (χ0v) is 14.1. The minimum absolute atomic E-state index is 0.381. The van der Waals surface area contributed by atoms with Crippen LogP contribution in [0.25, 0.3) is 5.57 Å². The van der Waals surface area contributed by atoms with E-state index < -0.39 is 5.97 Å². The van der Waals surface area contributed by atoms with Gasteiger partial charge >= 0.3 is 5.97 Å². The van der Waals surface area contributed by atoms with Crippen LogP contribution in [0.4, 0.5) is 0 Å². The average Bonchev–Trinajstić information content (AvgIpc) is 2.54. The monoisotopic (exact) mass is 308 g/mol. The summed E-state index contributed by atoms with van der Waals surface area (Å²) in [5.74, 6) is -0.867. The third-order valence-corrected chi connectivity index (χ3v) is 4.28. The summed E-state index contributed by atoms with van der Waals surface area (Å²) in [7, 11) is 0. The number of hydrogen-bond donors (Lipinski definition) is 1. The fraction of sp³-hybridized carbons (Fsp3) is 0.286. The summed E-state index contributed by atoms with van der Waals surface area (Å²) >= 11 is 0. The fourth-order valence-electron chi connectivity index (χ4n) is 2.77. The van der Waals surface area contributed by atoms with Gasteiger partial charge in [0.15, 0.2) is 0 Å². The molecule has 1 aromatic rings. The molecular formula is C21H24O2. The number of carboxylic acid groups (broad SMARTS) is 1. The Hall–Kier alpha value is -2.35. The number of hydrogen-bond acceptors (Lipinski definition) is 1. The van der Waals surface area contributed by atoms with Gasteiger partial charge in [0.25, 0.3) is 0 Å². The molecule has 0 atom stereocenters. The van der Waals surface area contributed by atoms with Crippen molar-refractivity contribution in [1.29, 1.82) is 0 Å². The molecule has 0 saturated carbocycles. The molecule has 2 heteroatoms. The summed E-state index contributed by atoms with van der Waals surface area (Å²) in [5.41, 5.74) is 6.53. The van der Waals surface area contributed by atoms with E-state index >= 15 is 0 Å². The van der Waals surface area contributed by atoms with Crippen LogP contribution in [-0.4, -0.2) is 11.1 Å². The summed E-state index contributed by atoms with van der Waals surface area (Å²) in [6, 6.07) is 8.61. The molecule has 2 rings (SSSR count). The predicted molar refractivity (Wildman–Crippen MR) is 96.3 cm³/mol. The number of rotatable bonds is 4. The topological polar surface area (TPSA) is 37.3 Å². The molecule has 0 radical (unpaired) electrons. The quantitative estimate of drug-likeness (QED) is 0.603. The summed E-state index contributed by atoms with van der Waals surface area (Å²) in [6.45, 7) is 5.52. The summed E-state index contributed by atoms with van der Waals surface area (Å²) < 4.78 is 0. The Morgan fingerprint density at radius 1 is 1.13 bits per heavy atom. The molecule has 1 aliphatic carbocycles. The molecule has 0 aliphatic heterocycles. The van der Waals surface area contributed by atoms with Crippen molar-refractivity contribution in [2.24, 2.45) is 0 Å². The van der Waals surface area contributed by atoms with Crippen LogP contribution in [-0.2, 0) is 11.2 Å². The van der Waals surface area contributed by atoms with Crippen LogP contribution in [0.1, 0.15) is 44.7 Å². The molecule has 0 heterocycles. The van der Waals surface area contributed by atoms with Crippen molar-refractivity contribution in [3.05, 3.63) is 76.4 Å². The second-order valence-electron chi connectivity index (χ2n) is 6.06. The number of aryl methyl sites for hydroxylation is 1. The van der Waals surface area contributed by atoms with Gasteiger partial charge in [0.1, 0.15) is 0 Å². The average molecular weight is 308 g/mol. The van der Waals surface area contributed by atoms with Gasteiger partial charge in [0.05, 0.1) is 0 Å². The molecule has 1 aromatic carbocycles. The van der Waals surface area contributed by atoms with Crippen molar-refractivity contribution in [2.45, 2.75) is 40.0 Å². The van der Waals surface area contributed by atoms with Crippen molar-refractivity contribution in [3.63, 3.8) is 0 Å². The Morgan fingerprint density at radius 3 is 2.61 bits per heavy atom. The maximum absolute atomic E-state index is 10.9. The number of allylic oxidation sites excluding steroid dienone is 7. The first kappa shape index (κ1) is 17.0. The Morgan fingerprint density at radius 2 is 1.87 bits per heavy atom. The van der Waals surface area contributed by atoms with Gasteiger partial charge in [-0.2, -0.15) is 0 Å². The van der Waals surface area contributed by atoms with E-state index in [1.54, 1.807) is 6.92 Å². The summed E-state index contributed by atoms with van der Waals surface area (Å²) in [4.78, 5) is 10.9. The van der Waals surface area contributed by atoms with Gasteiger partial charge in [0, 0.05) is 5.57 Å². The first-order valence-electron chi connectivity index (χ1n) is 8.03. The molecule has 0 saturated heterocycles. The number of carbonyl (C=O) groups is 1. The second-order valence-corrected chi connectivity index (χ2v) is 6.06. The first-order chi connectivity index (χ1) is 11.0. The molecular weight excluding hydrogens is 284 g/mol. The van der Waals surface area contributed by atoms with Crippen LogP contribution < -0.4 is 0 Å². The molecule has 1 aliphatic rings. The van der Waals surface area contributed by atoms with E-state index in [4.69, 9.17) is 5.11 Å². The zero-order chi connectivity index (χ0) is 16.8. The van der Waals surface area contributed by atoms with Crippen molar-refractivity contribution < 1.29 is 9.90 Å². The molecule has 120 valence electrons. The lowest BCUT2D eigenvalue weighted by Crippen LogP contribution is -2.01. The molecule has 0 bridgehead atoms. The largest absolute Gasteiger partial charge is 0.478 e. The zero-order valence-electron chi connectivity index (χ0n) is 14.1. The lowest BCUT2D eigenvalue weighted by atomic mass is 9.86.